The molecular formula is C21H30N2O2. The topological polar surface area (TPSA) is 37.6 Å². The molecule has 1 aliphatic rings. The van der Waals surface area contributed by atoms with Crippen molar-refractivity contribution in [2.24, 2.45) is 5.92 Å². The van der Waals surface area contributed by atoms with Crippen LogP contribution in [-0.2, 0) is 13.1 Å². The van der Waals surface area contributed by atoms with Crippen LogP contribution in [0, 0.1) is 5.92 Å². The molecule has 0 spiro atoms. The highest BCUT2D eigenvalue weighted by Crippen LogP contribution is 2.47. The molecule has 0 saturated heterocycles. The molecule has 4 nitrogen and oxygen atoms in total. The first-order chi connectivity index (χ1) is 12.1. The van der Waals surface area contributed by atoms with E-state index >= 15 is 0 Å². The SMILES string of the molecule is CC1CC1c1ccc(CNCc2ccc(OCCCN(C)C)cc2)o1. The van der Waals surface area contributed by atoms with Crippen LogP contribution in [0.15, 0.2) is 40.8 Å². The van der Waals surface area contributed by atoms with Crippen molar-refractivity contribution in [3.63, 3.8) is 0 Å². The lowest BCUT2D eigenvalue weighted by molar-refractivity contribution is 0.281. The van der Waals surface area contributed by atoms with Gasteiger partial charge in [-0.3, -0.25) is 0 Å². The summed E-state index contributed by atoms with van der Waals surface area (Å²) in [6, 6.07) is 12.6. The maximum absolute atomic E-state index is 5.92. The largest absolute Gasteiger partial charge is 0.494 e. The van der Waals surface area contributed by atoms with E-state index in [1.807, 2.05) is 12.1 Å². The molecule has 136 valence electrons. The predicted molar refractivity (Wildman–Crippen MR) is 101 cm³/mol. The van der Waals surface area contributed by atoms with Gasteiger partial charge < -0.3 is 19.4 Å². The van der Waals surface area contributed by atoms with Crippen molar-refractivity contribution in [3.05, 3.63) is 53.5 Å². The van der Waals surface area contributed by atoms with Gasteiger partial charge in [0.25, 0.3) is 0 Å². The average Bonchev–Trinajstić information content (AvgIpc) is 3.14. The number of nitrogens with one attached hydrogen (secondary N) is 1. The first kappa shape index (κ1) is 18.0. The molecule has 25 heavy (non-hydrogen) atoms. The lowest BCUT2D eigenvalue weighted by Gasteiger charge is -2.10. The fraction of sp³-hybridized carbons (Fsp3) is 0.524. The van der Waals surface area contributed by atoms with E-state index in [9.17, 15) is 0 Å². The van der Waals surface area contributed by atoms with Crippen molar-refractivity contribution >= 4 is 0 Å². The smallest absolute Gasteiger partial charge is 0.119 e. The zero-order valence-electron chi connectivity index (χ0n) is 15.6. The van der Waals surface area contributed by atoms with E-state index in [0.717, 1.165) is 55.8 Å². The highest BCUT2D eigenvalue weighted by Gasteiger charge is 2.36. The molecule has 0 amide bonds. The van der Waals surface area contributed by atoms with Crippen molar-refractivity contribution < 1.29 is 9.15 Å². The van der Waals surface area contributed by atoms with E-state index in [0.29, 0.717) is 5.92 Å². The van der Waals surface area contributed by atoms with Crippen LogP contribution in [0.5, 0.6) is 5.75 Å². The third kappa shape index (κ3) is 5.62. The van der Waals surface area contributed by atoms with E-state index in [1.165, 1.54) is 12.0 Å². The minimum atomic E-state index is 0.652. The Morgan fingerprint density at radius 3 is 2.56 bits per heavy atom. The molecule has 0 bridgehead atoms. The van der Waals surface area contributed by atoms with Crippen LogP contribution in [0.4, 0.5) is 0 Å². The number of hydrogen-bond acceptors (Lipinski definition) is 4. The second-order valence-corrected chi connectivity index (χ2v) is 7.38. The molecule has 0 aliphatic heterocycles. The standard InChI is InChI=1S/C21H30N2O2/c1-16-13-20(16)21-10-9-19(25-21)15-22-14-17-5-7-18(8-6-17)24-12-4-11-23(2)3/h5-10,16,20,22H,4,11-15H2,1-3H3. The Morgan fingerprint density at radius 1 is 1.12 bits per heavy atom. The summed E-state index contributed by atoms with van der Waals surface area (Å²) in [5.41, 5.74) is 1.25. The summed E-state index contributed by atoms with van der Waals surface area (Å²) in [5.74, 6) is 4.56. The van der Waals surface area contributed by atoms with Gasteiger partial charge in [-0.2, -0.15) is 0 Å². The van der Waals surface area contributed by atoms with Crippen molar-refractivity contribution in [2.75, 3.05) is 27.2 Å². The van der Waals surface area contributed by atoms with E-state index in [4.69, 9.17) is 9.15 Å². The lowest BCUT2D eigenvalue weighted by atomic mass is 10.2. The average molecular weight is 342 g/mol. The van der Waals surface area contributed by atoms with Gasteiger partial charge in [0.15, 0.2) is 0 Å². The first-order valence-corrected chi connectivity index (χ1v) is 9.27. The Kier molecular flexibility index (Phi) is 6.16. The molecule has 1 aromatic heterocycles. The maximum Gasteiger partial charge on any atom is 0.119 e. The quantitative estimate of drug-likeness (QED) is 0.662. The summed E-state index contributed by atoms with van der Waals surface area (Å²) in [6.07, 6.45) is 2.31. The first-order valence-electron chi connectivity index (χ1n) is 9.27. The van der Waals surface area contributed by atoms with Gasteiger partial charge in [-0.25, -0.2) is 0 Å². The zero-order chi connectivity index (χ0) is 17.6. The van der Waals surface area contributed by atoms with E-state index in [2.05, 4.69) is 55.5 Å². The van der Waals surface area contributed by atoms with Crippen LogP contribution in [0.2, 0.25) is 0 Å². The number of furan rings is 1. The fourth-order valence-corrected chi connectivity index (χ4v) is 3.01. The van der Waals surface area contributed by atoms with E-state index in [1.54, 1.807) is 0 Å². The van der Waals surface area contributed by atoms with Gasteiger partial charge in [0.1, 0.15) is 17.3 Å². The molecule has 1 fully saturated rings. The van der Waals surface area contributed by atoms with Crippen molar-refractivity contribution in [1.82, 2.24) is 10.2 Å². The van der Waals surface area contributed by atoms with Gasteiger partial charge in [0, 0.05) is 19.0 Å². The highest BCUT2D eigenvalue weighted by molar-refractivity contribution is 5.27. The molecule has 0 radical (unpaired) electrons. The number of benzene rings is 1. The highest BCUT2D eigenvalue weighted by atomic mass is 16.5. The van der Waals surface area contributed by atoms with Gasteiger partial charge in [-0.15, -0.1) is 0 Å². The Balaban J connectivity index is 1.36. The normalized spacial score (nSPS) is 19.4. The van der Waals surface area contributed by atoms with Crippen LogP contribution in [0.3, 0.4) is 0 Å². The van der Waals surface area contributed by atoms with Crippen LogP contribution in [0.25, 0.3) is 0 Å². The molecule has 1 N–H and O–H groups in total. The molecular weight excluding hydrogens is 312 g/mol. The summed E-state index contributed by atoms with van der Waals surface area (Å²) in [5, 5.41) is 3.45. The summed E-state index contributed by atoms with van der Waals surface area (Å²) >= 11 is 0. The predicted octanol–water partition coefficient (Wildman–Crippen LogP) is 4.02. The summed E-state index contributed by atoms with van der Waals surface area (Å²) in [6.45, 7) is 5.69. The van der Waals surface area contributed by atoms with Gasteiger partial charge in [0.2, 0.25) is 0 Å². The summed E-state index contributed by atoms with van der Waals surface area (Å²) in [4.78, 5) is 2.17. The Labute approximate surface area is 151 Å². The molecule has 1 saturated carbocycles. The Bertz CT molecular complexity index is 648. The van der Waals surface area contributed by atoms with E-state index < -0.39 is 0 Å². The minimum Gasteiger partial charge on any atom is -0.494 e. The maximum atomic E-state index is 5.92. The third-order valence-corrected chi connectivity index (χ3v) is 4.73. The van der Waals surface area contributed by atoms with Crippen LogP contribution in [-0.4, -0.2) is 32.1 Å². The van der Waals surface area contributed by atoms with Gasteiger partial charge in [-0.1, -0.05) is 19.1 Å². The number of hydrogen-bond donors (Lipinski definition) is 1. The zero-order valence-corrected chi connectivity index (χ0v) is 15.6. The second kappa shape index (κ2) is 8.54. The van der Waals surface area contributed by atoms with Gasteiger partial charge in [0.05, 0.1) is 13.2 Å². The van der Waals surface area contributed by atoms with Gasteiger partial charge in [-0.05, 0) is 62.7 Å². The van der Waals surface area contributed by atoms with Crippen LogP contribution < -0.4 is 10.1 Å². The molecule has 4 heteroatoms. The summed E-state index contributed by atoms with van der Waals surface area (Å²) in [7, 11) is 4.16. The molecule has 3 rings (SSSR count). The molecule has 2 unspecified atom stereocenters. The van der Waals surface area contributed by atoms with Crippen molar-refractivity contribution in [3.8, 4) is 5.75 Å². The van der Waals surface area contributed by atoms with Crippen molar-refractivity contribution in [2.45, 2.75) is 38.8 Å². The third-order valence-electron chi connectivity index (χ3n) is 4.73. The van der Waals surface area contributed by atoms with Crippen LogP contribution >= 0.6 is 0 Å². The number of ether oxygens (including phenoxy) is 1. The molecule has 2 aromatic rings. The van der Waals surface area contributed by atoms with Crippen molar-refractivity contribution in [1.29, 1.82) is 0 Å². The minimum absolute atomic E-state index is 0.652. The molecule has 2 atom stereocenters. The monoisotopic (exact) mass is 342 g/mol. The Morgan fingerprint density at radius 2 is 1.88 bits per heavy atom. The van der Waals surface area contributed by atoms with Gasteiger partial charge >= 0.3 is 0 Å². The molecule has 1 heterocycles. The number of nitrogens with zero attached hydrogens (tertiary/aromatic N) is 1. The summed E-state index contributed by atoms with van der Waals surface area (Å²) < 4.78 is 11.7. The number of rotatable bonds is 10. The van der Waals surface area contributed by atoms with E-state index in [-0.39, 0.29) is 0 Å². The Hall–Kier alpha value is -1.78. The molecule has 1 aliphatic carbocycles. The molecule has 1 aromatic carbocycles. The second-order valence-electron chi connectivity index (χ2n) is 7.38. The lowest BCUT2D eigenvalue weighted by Crippen LogP contribution is -2.15. The van der Waals surface area contributed by atoms with Crippen LogP contribution in [0.1, 0.15) is 42.8 Å². The fourth-order valence-electron chi connectivity index (χ4n) is 3.01.